The number of benzene rings is 1. The highest BCUT2D eigenvalue weighted by Gasteiger charge is 2.29. The predicted octanol–water partition coefficient (Wildman–Crippen LogP) is 1.02. The average molecular weight is 206 g/mol. The highest BCUT2D eigenvalue weighted by Crippen LogP contribution is 2.23. The van der Waals surface area contributed by atoms with Crippen LogP contribution in [0.1, 0.15) is 6.92 Å². The molecule has 0 amide bonds. The lowest BCUT2D eigenvalue weighted by Crippen LogP contribution is -2.52. The van der Waals surface area contributed by atoms with Crippen molar-refractivity contribution in [2.75, 3.05) is 23.7 Å². The van der Waals surface area contributed by atoms with Crippen molar-refractivity contribution < 1.29 is 9.53 Å². The van der Waals surface area contributed by atoms with E-state index in [0.717, 1.165) is 24.5 Å². The molecule has 1 aromatic rings. The van der Waals surface area contributed by atoms with E-state index in [4.69, 9.17) is 10.5 Å². The van der Waals surface area contributed by atoms with Crippen molar-refractivity contribution in [3.8, 4) is 0 Å². The maximum Gasteiger partial charge on any atom is 0.303 e. The molecule has 0 aromatic heterocycles. The minimum absolute atomic E-state index is 0.0417. The normalized spacial score (nSPS) is 15.9. The van der Waals surface area contributed by atoms with Crippen LogP contribution in [0, 0.1) is 0 Å². The zero-order chi connectivity index (χ0) is 10.8. The van der Waals surface area contributed by atoms with Crippen LogP contribution in [0.15, 0.2) is 24.3 Å². The highest BCUT2D eigenvalue weighted by atomic mass is 16.5. The summed E-state index contributed by atoms with van der Waals surface area (Å²) in [4.78, 5) is 12.8. The number of ether oxygens (including phenoxy) is 1. The maximum atomic E-state index is 10.7. The molecule has 4 heteroatoms. The van der Waals surface area contributed by atoms with Crippen molar-refractivity contribution in [3.63, 3.8) is 0 Å². The Hall–Kier alpha value is -1.71. The number of nitrogens with zero attached hydrogens (tertiary/aromatic N) is 1. The molecule has 0 unspecified atom stereocenters. The van der Waals surface area contributed by atoms with Crippen LogP contribution in [0.5, 0.6) is 0 Å². The fourth-order valence-electron chi connectivity index (χ4n) is 1.64. The van der Waals surface area contributed by atoms with Gasteiger partial charge in [-0.25, -0.2) is 0 Å². The molecular weight excluding hydrogens is 192 g/mol. The number of rotatable bonds is 2. The van der Waals surface area contributed by atoms with E-state index in [1.165, 1.54) is 6.92 Å². The first kappa shape index (κ1) is 9.83. The van der Waals surface area contributed by atoms with Crippen molar-refractivity contribution in [2.45, 2.75) is 13.0 Å². The third-order valence-electron chi connectivity index (χ3n) is 2.44. The summed E-state index contributed by atoms with van der Waals surface area (Å²) < 4.78 is 5.06. The van der Waals surface area contributed by atoms with Gasteiger partial charge in [-0.15, -0.1) is 0 Å². The van der Waals surface area contributed by atoms with Crippen molar-refractivity contribution in [1.29, 1.82) is 0 Å². The Bertz CT molecular complexity index is 355. The molecular formula is C11H14N2O2. The fourth-order valence-corrected chi connectivity index (χ4v) is 1.64. The summed E-state index contributed by atoms with van der Waals surface area (Å²) in [6.07, 6.45) is 0.0417. The third-order valence-corrected chi connectivity index (χ3v) is 2.44. The highest BCUT2D eigenvalue weighted by molar-refractivity contribution is 5.66. The van der Waals surface area contributed by atoms with Crippen LogP contribution in [0.4, 0.5) is 11.4 Å². The summed E-state index contributed by atoms with van der Waals surface area (Å²) in [5, 5.41) is 0. The van der Waals surface area contributed by atoms with Gasteiger partial charge in [0.2, 0.25) is 0 Å². The van der Waals surface area contributed by atoms with Gasteiger partial charge in [-0.1, -0.05) is 0 Å². The lowest BCUT2D eigenvalue weighted by Gasteiger charge is -2.39. The van der Waals surface area contributed by atoms with E-state index in [0.29, 0.717) is 0 Å². The molecule has 0 atom stereocenters. The Kier molecular flexibility index (Phi) is 2.49. The summed E-state index contributed by atoms with van der Waals surface area (Å²) in [6, 6.07) is 7.68. The molecule has 1 aliphatic heterocycles. The van der Waals surface area contributed by atoms with Gasteiger partial charge in [0.05, 0.1) is 13.1 Å². The molecule has 1 aromatic carbocycles. The number of nitrogens with two attached hydrogens (primary N) is 1. The van der Waals surface area contributed by atoms with Crippen molar-refractivity contribution >= 4 is 17.3 Å². The molecule has 1 heterocycles. The second-order valence-electron chi connectivity index (χ2n) is 3.73. The second kappa shape index (κ2) is 3.81. The van der Waals surface area contributed by atoms with E-state index in [-0.39, 0.29) is 12.1 Å². The van der Waals surface area contributed by atoms with E-state index in [1.54, 1.807) is 0 Å². The number of carbonyl (C=O) groups excluding carboxylic acids is 1. The Balaban J connectivity index is 1.89. The van der Waals surface area contributed by atoms with Crippen LogP contribution in [0.25, 0.3) is 0 Å². The van der Waals surface area contributed by atoms with Crippen molar-refractivity contribution in [2.24, 2.45) is 0 Å². The van der Waals surface area contributed by atoms with Crippen LogP contribution in [-0.2, 0) is 9.53 Å². The maximum absolute atomic E-state index is 10.7. The van der Waals surface area contributed by atoms with Gasteiger partial charge in [-0.3, -0.25) is 4.79 Å². The smallest absolute Gasteiger partial charge is 0.303 e. The summed E-state index contributed by atoms with van der Waals surface area (Å²) >= 11 is 0. The molecule has 0 radical (unpaired) electrons. The molecule has 0 aliphatic carbocycles. The molecule has 1 fully saturated rings. The lowest BCUT2D eigenvalue weighted by molar-refractivity contribution is -0.147. The SMILES string of the molecule is CC(=O)OC1CN(c2ccc(N)cc2)C1. The van der Waals surface area contributed by atoms with Gasteiger partial charge in [0.1, 0.15) is 6.10 Å². The van der Waals surface area contributed by atoms with Gasteiger partial charge < -0.3 is 15.4 Å². The first-order valence-electron chi connectivity index (χ1n) is 4.93. The van der Waals surface area contributed by atoms with Gasteiger partial charge >= 0.3 is 5.97 Å². The molecule has 1 saturated heterocycles. The largest absolute Gasteiger partial charge is 0.459 e. The van der Waals surface area contributed by atoms with Gasteiger partial charge in [0.25, 0.3) is 0 Å². The minimum Gasteiger partial charge on any atom is -0.459 e. The van der Waals surface area contributed by atoms with Gasteiger partial charge in [-0.2, -0.15) is 0 Å². The molecule has 2 N–H and O–H groups in total. The molecule has 0 spiro atoms. The third kappa shape index (κ3) is 2.21. The molecule has 4 nitrogen and oxygen atoms in total. The Morgan fingerprint density at radius 3 is 2.53 bits per heavy atom. The van der Waals surface area contributed by atoms with Crippen LogP contribution in [0.2, 0.25) is 0 Å². The molecule has 15 heavy (non-hydrogen) atoms. The van der Waals surface area contributed by atoms with E-state index in [9.17, 15) is 4.79 Å². The van der Waals surface area contributed by atoms with Crippen LogP contribution in [0.3, 0.4) is 0 Å². The van der Waals surface area contributed by atoms with Crippen LogP contribution in [-0.4, -0.2) is 25.2 Å². The number of hydrogen-bond acceptors (Lipinski definition) is 4. The molecule has 0 saturated carbocycles. The average Bonchev–Trinajstić information content (AvgIpc) is 2.12. The minimum atomic E-state index is -0.211. The number of hydrogen-bond donors (Lipinski definition) is 1. The van der Waals surface area contributed by atoms with Gasteiger partial charge in [0, 0.05) is 18.3 Å². The topological polar surface area (TPSA) is 55.6 Å². The quantitative estimate of drug-likeness (QED) is 0.580. The molecule has 1 aliphatic rings. The number of anilines is 2. The molecule has 80 valence electrons. The lowest BCUT2D eigenvalue weighted by atomic mass is 10.1. The summed E-state index contributed by atoms with van der Waals surface area (Å²) in [5.74, 6) is -0.211. The van der Waals surface area contributed by atoms with E-state index < -0.39 is 0 Å². The summed E-state index contributed by atoms with van der Waals surface area (Å²) in [5.41, 5.74) is 7.47. The number of carbonyl (C=O) groups is 1. The van der Waals surface area contributed by atoms with Crippen molar-refractivity contribution in [3.05, 3.63) is 24.3 Å². The van der Waals surface area contributed by atoms with Crippen LogP contribution >= 0.6 is 0 Å². The first-order valence-corrected chi connectivity index (χ1v) is 4.93. The Labute approximate surface area is 88.6 Å². The number of esters is 1. The second-order valence-corrected chi connectivity index (χ2v) is 3.73. The summed E-state index contributed by atoms with van der Waals surface area (Å²) in [6.45, 7) is 2.97. The zero-order valence-corrected chi connectivity index (χ0v) is 8.64. The summed E-state index contributed by atoms with van der Waals surface area (Å²) in [7, 11) is 0. The van der Waals surface area contributed by atoms with Gasteiger partial charge in [-0.05, 0) is 24.3 Å². The predicted molar refractivity (Wildman–Crippen MR) is 58.6 cm³/mol. The standard InChI is InChI=1S/C11H14N2O2/c1-8(14)15-11-6-13(7-11)10-4-2-9(12)3-5-10/h2-5,11H,6-7,12H2,1H3. The zero-order valence-electron chi connectivity index (χ0n) is 8.64. The van der Waals surface area contributed by atoms with Gasteiger partial charge in [0.15, 0.2) is 0 Å². The molecule has 2 rings (SSSR count). The first-order chi connectivity index (χ1) is 7.15. The Morgan fingerprint density at radius 1 is 1.40 bits per heavy atom. The van der Waals surface area contributed by atoms with E-state index >= 15 is 0 Å². The Morgan fingerprint density at radius 2 is 2.00 bits per heavy atom. The van der Waals surface area contributed by atoms with Crippen molar-refractivity contribution in [1.82, 2.24) is 0 Å². The van der Waals surface area contributed by atoms with E-state index in [1.807, 2.05) is 24.3 Å². The molecule has 0 bridgehead atoms. The monoisotopic (exact) mass is 206 g/mol. The fraction of sp³-hybridized carbons (Fsp3) is 0.364. The number of nitrogen functional groups attached to an aromatic ring is 1. The van der Waals surface area contributed by atoms with Crippen LogP contribution < -0.4 is 10.6 Å². The van der Waals surface area contributed by atoms with E-state index in [2.05, 4.69) is 4.90 Å².